The SMILES string of the molecule is COc1ncccc1CNc1ncc([N+](=O)[O-])c(NCC2CCC(N3CC(O)C3)CC2)n1. The molecule has 0 unspecified atom stereocenters. The molecule has 32 heavy (non-hydrogen) atoms. The van der Waals surface area contributed by atoms with E-state index in [4.69, 9.17) is 4.74 Å². The molecule has 4 rings (SSSR count). The van der Waals surface area contributed by atoms with Gasteiger partial charge in [-0.25, -0.2) is 9.97 Å². The number of β-amino-alcohol motifs (C(OH)–C–C–N with tert-alkyl or cyclic N) is 1. The number of hydrogen-bond donors (Lipinski definition) is 3. The Morgan fingerprint density at radius 3 is 2.72 bits per heavy atom. The predicted molar refractivity (Wildman–Crippen MR) is 119 cm³/mol. The van der Waals surface area contributed by atoms with Gasteiger partial charge < -0.3 is 20.5 Å². The van der Waals surface area contributed by atoms with Crippen molar-refractivity contribution >= 4 is 17.5 Å². The Bertz CT molecular complexity index is 930. The molecular weight excluding hydrogens is 414 g/mol. The fourth-order valence-corrected chi connectivity index (χ4v) is 4.38. The average molecular weight is 444 g/mol. The first-order valence-electron chi connectivity index (χ1n) is 10.9. The molecule has 0 radical (unpaired) electrons. The molecule has 3 heterocycles. The zero-order chi connectivity index (χ0) is 22.5. The highest BCUT2D eigenvalue weighted by Crippen LogP contribution is 2.31. The van der Waals surface area contributed by atoms with E-state index in [2.05, 4.69) is 30.5 Å². The minimum absolute atomic E-state index is 0.141. The van der Waals surface area contributed by atoms with Crippen molar-refractivity contribution in [3.05, 3.63) is 40.2 Å². The number of rotatable bonds is 9. The lowest BCUT2D eigenvalue weighted by atomic mass is 9.84. The zero-order valence-electron chi connectivity index (χ0n) is 18.1. The van der Waals surface area contributed by atoms with Gasteiger partial charge in [0.15, 0.2) is 0 Å². The normalized spacial score (nSPS) is 21.6. The standard InChI is InChI=1S/C21H29N7O4/c1-32-20-15(3-2-8-22-20)10-24-21-25-11-18(28(30)31)19(26-21)23-9-14-4-6-16(7-5-14)27-12-17(29)13-27/h2-3,8,11,14,16-17,29H,4-7,9-10,12-13H2,1H3,(H2,23,24,25,26). The molecule has 2 aromatic heterocycles. The van der Waals surface area contributed by atoms with Crippen LogP contribution in [0.15, 0.2) is 24.5 Å². The van der Waals surface area contributed by atoms with Crippen molar-refractivity contribution in [3.63, 3.8) is 0 Å². The van der Waals surface area contributed by atoms with E-state index in [0.717, 1.165) is 44.3 Å². The molecule has 1 aliphatic carbocycles. The van der Waals surface area contributed by atoms with Gasteiger partial charge in [-0.2, -0.15) is 4.98 Å². The molecule has 0 amide bonds. The molecule has 1 saturated carbocycles. The Labute approximate surface area is 186 Å². The summed E-state index contributed by atoms with van der Waals surface area (Å²) in [5, 5.41) is 27.2. The lowest BCUT2D eigenvalue weighted by molar-refractivity contribution is -0.384. The van der Waals surface area contributed by atoms with Gasteiger partial charge in [-0.1, -0.05) is 6.07 Å². The number of aliphatic hydroxyl groups excluding tert-OH is 1. The predicted octanol–water partition coefficient (Wildman–Crippen LogP) is 2.05. The van der Waals surface area contributed by atoms with E-state index in [1.54, 1.807) is 13.3 Å². The molecule has 2 aromatic rings. The van der Waals surface area contributed by atoms with Crippen molar-refractivity contribution in [2.75, 3.05) is 37.4 Å². The largest absolute Gasteiger partial charge is 0.481 e. The summed E-state index contributed by atoms with van der Waals surface area (Å²) in [6.07, 6.45) is 6.98. The number of aliphatic hydroxyl groups is 1. The lowest BCUT2D eigenvalue weighted by Crippen LogP contribution is -2.56. The highest BCUT2D eigenvalue weighted by atomic mass is 16.6. The fourth-order valence-electron chi connectivity index (χ4n) is 4.38. The summed E-state index contributed by atoms with van der Waals surface area (Å²) in [7, 11) is 1.55. The number of aromatic nitrogens is 3. The maximum Gasteiger partial charge on any atom is 0.329 e. The van der Waals surface area contributed by atoms with E-state index in [-0.39, 0.29) is 17.6 Å². The molecule has 11 nitrogen and oxygen atoms in total. The Morgan fingerprint density at radius 2 is 2.03 bits per heavy atom. The number of ether oxygens (including phenoxy) is 1. The van der Waals surface area contributed by atoms with Gasteiger partial charge in [-0.05, 0) is 37.7 Å². The maximum atomic E-state index is 11.4. The van der Waals surface area contributed by atoms with E-state index < -0.39 is 4.92 Å². The molecule has 0 bridgehead atoms. The van der Waals surface area contributed by atoms with Crippen LogP contribution in [-0.2, 0) is 6.54 Å². The second-order valence-electron chi connectivity index (χ2n) is 8.37. The number of nitrogens with zero attached hydrogens (tertiary/aromatic N) is 5. The number of nitro groups is 1. The Morgan fingerprint density at radius 1 is 1.25 bits per heavy atom. The van der Waals surface area contributed by atoms with Crippen molar-refractivity contribution < 1.29 is 14.8 Å². The van der Waals surface area contributed by atoms with Gasteiger partial charge >= 0.3 is 5.69 Å². The van der Waals surface area contributed by atoms with Crippen LogP contribution < -0.4 is 15.4 Å². The third-order valence-corrected chi connectivity index (χ3v) is 6.23. The molecule has 0 spiro atoms. The molecular formula is C21H29N7O4. The summed E-state index contributed by atoms with van der Waals surface area (Å²) in [5.74, 6) is 1.45. The minimum Gasteiger partial charge on any atom is -0.481 e. The maximum absolute atomic E-state index is 11.4. The van der Waals surface area contributed by atoms with E-state index in [1.165, 1.54) is 6.20 Å². The van der Waals surface area contributed by atoms with Gasteiger partial charge in [0.2, 0.25) is 17.6 Å². The number of likely N-dealkylation sites (tertiary alicyclic amines) is 1. The summed E-state index contributed by atoms with van der Waals surface area (Å²) in [4.78, 5) is 25.9. The molecule has 2 aliphatic rings. The van der Waals surface area contributed by atoms with Gasteiger partial charge in [-0.3, -0.25) is 15.0 Å². The monoisotopic (exact) mass is 443 g/mol. The minimum atomic E-state index is -0.470. The van der Waals surface area contributed by atoms with Crippen molar-refractivity contribution in [2.45, 2.75) is 44.4 Å². The topological polar surface area (TPSA) is 139 Å². The summed E-state index contributed by atoms with van der Waals surface area (Å²) < 4.78 is 5.24. The van der Waals surface area contributed by atoms with Crippen molar-refractivity contribution in [1.82, 2.24) is 19.9 Å². The van der Waals surface area contributed by atoms with Crippen LogP contribution in [-0.4, -0.2) is 68.8 Å². The van der Waals surface area contributed by atoms with Crippen molar-refractivity contribution in [2.24, 2.45) is 5.92 Å². The number of pyridine rings is 1. The summed E-state index contributed by atoms with van der Waals surface area (Å²) in [6, 6.07) is 4.23. The molecule has 1 saturated heterocycles. The van der Waals surface area contributed by atoms with Gasteiger partial charge in [0.05, 0.1) is 18.1 Å². The lowest BCUT2D eigenvalue weighted by Gasteiger charge is -2.44. The summed E-state index contributed by atoms with van der Waals surface area (Å²) >= 11 is 0. The van der Waals surface area contributed by atoms with Gasteiger partial charge in [0.1, 0.15) is 6.20 Å². The second kappa shape index (κ2) is 10.0. The molecule has 0 aromatic carbocycles. The van der Waals surface area contributed by atoms with Crippen LogP contribution in [0.2, 0.25) is 0 Å². The molecule has 1 aliphatic heterocycles. The van der Waals surface area contributed by atoms with Crippen LogP contribution in [0.4, 0.5) is 17.5 Å². The van der Waals surface area contributed by atoms with E-state index >= 15 is 0 Å². The molecule has 2 fully saturated rings. The molecule has 11 heteroatoms. The van der Waals surface area contributed by atoms with Crippen LogP contribution in [0.5, 0.6) is 5.88 Å². The third kappa shape index (κ3) is 5.22. The summed E-state index contributed by atoms with van der Waals surface area (Å²) in [6.45, 7) is 2.56. The highest BCUT2D eigenvalue weighted by molar-refractivity contribution is 5.57. The first kappa shape index (κ1) is 22.2. The molecule has 172 valence electrons. The smallest absolute Gasteiger partial charge is 0.329 e. The van der Waals surface area contributed by atoms with Crippen molar-refractivity contribution in [3.8, 4) is 5.88 Å². The Balaban J connectivity index is 1.34. The number of hydrogen-bond acceptors (Lipinski definition) is 10. The van der Waals surface area contributed by atoms with Gasteiger partial charge in [0.25, 0.3) is 0 Å². The summed E-state index contributed by atoms with van der Waals surface area (Å²) in [5.41, 5.74) is 0.690. The first-order valence-corrected chi connectivity index (χ1v) is 10.9. The zero-order valence-corrected chi connectivity index (χ0v) is 18.1. The molecule has 3 N–H and O–H groups in total. The van der Waals surface area contributed by atoms with Crippen LogP contribution in [0, 0.1) is 16.0 Å². The Hall–Kier alpha value is -3.05. The third-order valence-electron chi connectivity index (χ3n) is 6.23. The van der Waals surface area contributed by atoms with Crippen LogP contribution >= 0.6 is 0 Å². The van der Waals surface area contributed by atoms with Crippen LogP contribution in [0.1, 0.15) is 31.2 Å². The second-order valence-corrected chi connectivity index (χ2v) is 8.37. The highest BCUT2D eigenvalue weighted by Gasteiger charge is 2.33. The van der Waals surface area contributed by atoms with Gasteiger partial charge in [0, 0.05) is 44.0 Å². The van der Waals surface area contributed by atoms with E-state index in [1.807, 2.05) is 12.1 Å². The van der Waals surface area contributed by atoms with Crippen molar-refractivity contribution in [1.29, 1.82) is 0 Å². The quantitative estimate of drug-likeness (QED) is 0.390. The van der Waals surface area contributed by atoms with E-state index in [9.17, 15) is 15.2 Å². The van der Waals surface area contributed by atoms with Crippen LogP contribution in [0.25, 0.3) is 0 Å². The van der Waals surface area contributed by atoms with Gasteiger partial charge in [-0.15, -0.1) is 0 Å². The fraction of sp³-hybridized carbons (Fsp3) is 0.571. The number of anilines is 2. The average Bonchev–Trinajstić information content (AvgIpc) is 2.80. The first-order chi connectivity index (χ1) is 15.5. The Kier molecular flexibility index (Phi) is 6.96. The number of methoxy groups -OCH3 is 1. The molecule has 0 atom stereocenters. The van der Waals surface area contributed by atoms with E-state index in [0.29, 0.717) is 36.9 Å². The van der Waals surface area contributed by atoms with Crippen LogP contribution in [0.3, 0.4) is 0 Å². The number of nitrogens with one attached hydrogen (secondary N) is 2.